The average molecular weight is 292 g/mol. The van der Waals surface area contributed by atoms with Crippen molar-refractivity contribution in [2.24, 2.45) is 5.92 Å². The van der Waals surface area contributed by atoms with Crippen molar-refractivity contribution in [3.8, 4) is 11.3 Å². The molecule has 1 unspecified atom stereocenters. The highest BCUT2D eigenvalue weighted by Crippen LogP contribution is 2.21. The maximum atomic E-state index is 4.67. The van der Waals surface area contributed by atoms with E-state index in [1.54, 1.807) is 11.3 Å². The Labute approximate surface area is 123 Å². The van der Waals surface area contributed by atoms with E-state index in [0.29, 0.717) is 5.92 Å². The predicted molar refractivity (Wildman–Crippen MR) is 86.8 cm³/mol. The van der Waals surface area contributed by atoms with E-state index in [-0.39, 0.29) is 0 Å². The first kappa shape index (κ1) is 14.6. The van der Waals surface area contributed by atoms with Crippen LogP contribution in [0.3, 0.4) is 0 Å². The van der Waals surface area contributed by atoms with Crippen molar-refractivity contribution < 1.29 is 0 Å². The fraction of sp³-hybridized carbons (Fsp3) is 0.400. The normalized spacial score (nSPS) is 12.5. The summed E-state index contributed by atoms with van der Waals surface area (Å²) in [4.78, 5) is 4.67. The molecule has 0 fully saturated rings. The number of benzene rings is 1. The zero-order valence-corrected chi connectivity index (χ0v) is 13.1. The molecular formula is C15H20N2S2. The lowest BCUT2D eigenvalue weighted by atomic mass is 10.2. The molecule has 0 saturated carbocycles. The molecule has 1 aromatic heterocycles. The Kier molecular flexibility index (Phi) is 5.89. The maximum Gasteiger partial charge on any atom is 0.107 e. The standard InChI is InChI=1S/C15H20N2S2/c1-12(10-18-2)8-16-9-15-17-14(11-19-15)13-6-4-3-5-7-13/h3-7,11-12,16H,8-10H2,1-2H3. The lowest BCUT2D eigenvalue weighted by Gasteiger charge is -2.09. The lowest BCUT2D eigenvalue weighted by Crippen LogP contribution is -2.21. The quantitative estimate of drug-likeness (QED) is 0.838. The molecule has 2 nitrogen and oxygen atoms in total. The van der Waals surface area contributed by atoms with Gasteiger partial charge in [-0.05, 0) is 24.5 Å². The zero-order valence-electron chi connectivity index (χ0n) is 11.4. The molecule has 0 aliphatic rings. The van der Waals surface area contributed by atoms with Gasteiger partial charge in [0, 0.05) is 17.5 Å². The zero-order chi connectivity index (χ0) is 13.5. The van der Waals surface area contributed by atoms with Crippen LogP contribution in [0.2, 0.25) is 0 Å². The smallest absolute Gasteiger partial charge is 0.107 e. The van der Waals surface area contributed by atoms with Gasteiger partial charge in [-0.1, -0.05) is 37.3 Å². The minimum atomic E-state index is 0.712. The highest BCUT2D eigenvalue weighted by Gasteiger charge is 2.05. The van der Waals surface area contributed by atoms with E-state index < -0.39 is 0 Å². The van der Waals surface area contributed by atoms with Crippen LogP contribution in [0.25, 0.3) is 11.3 Å². The third-order valence-electron chi connectivity index (χ3n) is 2.84. The Morgan fingerprint density at radius 3 is 2.84 bits per heavy atom. The molecule has 19 heavy (non-hydrogen) atoms. The van der Waals surface area contributed by atoms with Crippen molar-refractivity contribution in [2.75, 3.05) is 18.6 Å². The monoisotopic (exact) mass is 292 g/mol. The van der Waals surface area contributed by atoms with Crippen molar-refractivity contribution in [1.82, 2.24) is 10.3 Å². The van der Waals surface area contributed by atoms with Crippen molar-refractivity contribution >= 4 is 23.1 Å². The van der Waals surface area contributed by atoms with Crippen LogP contribution in [0.5, 0.6) is 0 Å². The van der Waals surface area contributed by atoms with Gasteiger partial charge in [0.1, 0.15) is 5.01 Å². The second-order valence-corrected chi connectivity index (χ2v) is 6.54. The Bertz CT molecular complexity index is 482. The summed E-state index contributed by atoms with van der Waals surface area (Å²) in [5, 5.41) is 6.78. The number of nitrogens with zero attached hydrogens (tertiary/aromatic N) is 1. The van der Waals surface area contributed by atoms with E-state index in [1.807, 2.05) is 17.8 Å². The van der Waals surface area contributed by atoms with E-state index >= 15 is 0 Å². The van der Waals surface area contributed by atoms with Crippen molar-refractivity contribution in [3.05, 3.63) is 40.7 Å². The van der Waals surface area contributed by atoms with Gasteiger partial charge in [-0.15, -0.1) is 11.3 Å². The van der Waals surface area contributed by atoms with Gasteiger partial charge in [0.15, 0.2) is 0 Å². The molecule has 0 radical (unpaired) electrons. The maximum absolute atomic E-state index is 4.67. The molecule has 0 aliphatic heterocycles. The van der Waals surface area contributed by atoms with Crippen molar-refractivity contribution in [1.29, 1.82) is 0 Å². The molecule has 0 aliphatic carbocycles. The van der Waals surface area contributed by atoms with Crippen LogP contribution in [0, 0.1) is 5.92 Å². The van der Waals surface area contributed by atoms with E-state index in [2.05, 4.69) is 53.1 Å². The molecule has 0 amide bonds. The van der Waals surface area contributed by atoms with Gasteiger partial charge in [-0.2, -0.15) is 11.8 Å². The molecular weight excluding hydrogens is 272 g/mol. The SMILES string of the molecule is CSCC(C)CNCc1nc(-c2ccccc2)cs1. The molecule has 2 aromatic rings. The number of hydrogen-bond donors (Lipinski definition) is 1. The Hall–Kier alpha value is -0.840. The topological polar surface area (TPSA) is 24.9 Å². The summed E-state index contributed by atoms with van der Waals surface area (Å²) in [5.41, 5.74) is 2.28. The van der Waals surface area contributed by atoms with E-state index in [9.17, 15) is 0 Å². The summed E-state index contributed by atoms with van der Waals surface area (Å²) in [6.45, 7) is 4.21. The van der Waals surface area contributed by atoms with Gasteiger partial charge >= 0.3 is 0 Å². The van der Waals surface area contributed by atoms with E-state index in [1.165, 1.54) is 11.3 Å². The van der Waals surface area contributed by atoms with Crippen LogP contribution in [-0.2, 0) is 6.54 Å². The average Bonchev–Trinajstić information content (AvgIpc) is 2.89. The van der Waals surface area contributed by atoms with Gasteiger partial charge < -0.3 is 5.32 Å². The van der Waals surface area contributed by atoms with Crippen LogP contribution in [0.15, 0.2) is 35.7 Å². The summed E-state index contributed by atoms with van der Waals surface area (Å²) in [5.74, 6) is 1.92. The lowest BCUT2D eigenvalue weighted by molar-refractivity contribution is 0.558. The van der Waals surface area contributed by atoms with Crippen LogP contribution in [0.1, 0.15) is 11.9 Å². The summed E-state index contributed by atoms with van der Waals surface area (Å²) in [7, 11) is 0. The minimum absolute atomic E-state index is 0.712. The number of aromatic nitrogens is 1. The second kappa shape index (κ2) is 7.68. The molecule has 0 saturated heterocycles. The van der Waals surface area contributed by atoms with Crippen molar-refractivity contribution in [2.45, 2.75) is 13.5 Å². The molecule has 2 rings (SSSR count). The summed E-state index contributed by atoms with van der Waals surface area (Å²) >= 11 is 3.63. The molecule has 102 valence electrons. The van der Waals surface area contributed by atoms with Crippen molar-refractivity contribution in [3.63, 3.8) is 0 Å². The third-order valence-corrected chi connectivity index (χ3v) is 4.59. The Balaban J connectivity index is 1.85. The Morgan fingerprint density at radius 1 is 1.32 bits per heavy atom. The van der Waals surface area contributed by atoms with Crippen LogP contribution in [-0.4, -0.2) is 23.5 Å². The summed E-state index contributed by atoms with van der Waals surface area (Å²) in [6, 6.07) is 10.3. The number of thioether (sulfide) groups is 1. The fourth-order valence-corrected chi connectivity index (χ4v) is 3.36. The highest BCUT2D eigenvalue weighted by molar-refractivity contribution is 7.98. The largest absolute Gasteiger partial charge is 0.310 e. The molecule has 1 aromatic carbocycles. The predicted octanol–water partition coefficient (Wildman–Crippen LogP) is 3.90. The third kappa shape index (κ3) is 4.64. The van der Waals surface area contributed by atoms with Gasteiger partial charge in [-0.3, -0.25) is 0 Å². The molecule has 1 heterocycles. The molecule has 4 heteroatoms. The first-order valence-electron chi connectivity index (χ1n) is 6.49. The van der Waals surface area contributed by atoms with Gasteiger partial charge in [-0.25, -0.2) is 4.98 Å². The van der Waals surface area contributed by atoms with Gasteiger partial charge in [0.05, 0.1) is 5.69 Å². The summed E-state index contributed by atoms with van der Waals surface area (Å²) < 4.78 is 0. The Morgan fingerprint density at radius 2 is 2.11 bits per heavy atom. The highest BCUT2D eigenvalue weighted by atomic mass is 32.2. The number of nitrogens with one attached hydrogen (secondary N) is 1. The number of thiazole rings is 1. The minimum Gasteiger partial charge on any atom is -0.310 e. The van der Waals surface area contributed by atoms with Gasteiger partial charge in [0.2, 0.25) is 0 Å². The van der Waals surface area contributed by atoms with E-state index in [0.717, 1.165) is 23.8 Å². The number of hydrogen-bond acceptors (Lipinski definition) is 4. The van der Waals surface area contributed by atoms with Gasteiger partial charge in [0.25, 0.3) is 0 Å². The molecule has 0 spiro atoms. The van der Waals surface area contributed by atoms with Crippen LogP contribution >= 0.6 is 23.1 Å². The second-order valence-electron chi connectivity index (χ2n) is 4.68. The summed E-state index contributed by atoms with van der Waals surface area (Å²) in [6.07, 6.45) is 2.16. The first-order valence-corrected chi connectivity index (χ1v) is 8.76. The van der Waals surface area contributed by atoms with Crippen LogP contribution < -0.4 is 5.32 Å². The molecule has 0 bridgehead atoms. The first-order chi connectivity index (χ1) is 9.29. The molecule has 1 atom stereocenters. The van der Waals surface area contributed by atoms with Crippen LogP contribution in [0.4, 0.5) is 0 Å². The fourth-order valence-electron chi connectivity index (χ4n) is 1.90. The number of rotatable bonds is 7. The van der Waals surface area contributed by atoms with E-state index in [4.69, 9.17) is 0 Å². The molecule has 1 N–H and O–H groups in total.